The molecule has 1 atom stereocenters. The molecule has 0 bridgehead atoms. The molecule has 0 saturated heterocycles. The van der Waals surface area contributed by atoms with E-state index in [-0.39, 0.29) is 12.0 Å². The van der Waals surface area contributed by atoms with Gasteiger partial charge in [-0.05, 0) is 29.8 Å². The van der Waals surface area contributed by atoms with Gasteiger partial charge in [0.1, 0.15) is 11.6 Å². The van der Waals surface area contributed by atoms with Gasteiger partial charge in [0.2, 0.25) is 0 Å². The van der Waals surface area contributed by atoms with Crippen molar-refractivity contribution in [3.63, 3.8) is 0 Å². The minimum atomic E-state index is -0.978. The highest BCUT2D eigenvalue weighted by molar-refractivity contribution is 9.11. The predicted octanol–water partition coefficient (Wildman–Crippen LogP) is 4.77. The predicted molar refractivity (Wildman–Crippen MR) is 76.9 cm³/mol. The topological polar surface area (TPSA) is 20.2 Å². The van der Waals surface area contributed by atoms with E-state index < -0.39 is 17.7 Å². The summed E-state index contributed by atoms with van der Waals surface area (Å²) in [5.41, 5.74) is 0.482. The number of rotatable bonds is 3. The van der Waals surface area contributed by atoms with Crippen LogP contribution >= 0.6 is 31.9 Å². The SMILES string of the molecule is OC(Cc1c(F)cccc1F)c1ccc(Br)cc1Br. The summed E-state index contributed by atoms with van der Waals surface area (Å²) >= 11 is 6.62. The number of halogens is 4. The summed E-state index contributed by atoms with van der Waals surface area (Å²) in [5, 5.41) is 10.1. The first-order valence-electron chi connectivity index (χ1n) is 5.55. The normalized spacial score (nSPS) is 12.5. The highest BCUT2D eigenvalue weighted by atomic mass is 79.9. The molecule has 2 rings (SSSR count). The third kappa shape index (κ3) is 3.41. The largest absolute Gasteiger partial charge is 0.388 e. The van der Waals surface area contributed by atoms with Crippen molar-refractivity contribution in [3.05, 3.63) is 68.1 Å². The molecule has 100 valence electrons. The van der Waals surface area contributed by atoms with Gasteiger partial charge in [-0.1, -0.05) is 44.0 Å². The summed E-state index contributed by atoms with van der Waals surface area (Å²) in [6, 6.07) is 8.91. The maximum absolute atomic E-state index is 13.5. The van der Waals surface area contributed by atoms with Gasteiger partial charge in [0.15, 0.2) is 0 Å². The second-order valence-electron chi connectivity index (χ2n) is 4.09. The van der Waals surface area contributed by atoms with Crippen LogP contribution in [0.25, 0.3) is 0 Å². The molecule has 1 N–H and O–H groups in total. The number of hydrogen-bond donors (Lipinski definition) is 1. The third-order valence-corrected chi connectivity index (χ3v) is 3.96. The van der Waals surface area contributed by atoms with Crippen LogP contribution in [0.5, 0.6) is 0 Å². The van der Waals surface area contributed by atoms with Crippen LogP contribution in [0, 0.1) is 11.6 Å². The Morgan fingerprint density at radius 1 is 1.05 bits per heavy atom. The second-order valence-corrected chi connectivity index (χ2v) is 5.86. The van der Waals surface area contributed by atoms with E-state index in [0.29, 0.717) is 10.0 Å². The van der Waals surface area contributed by atoms with E-state index in [1.165, 1.54) is 18.2 Å². The van der Waals surface area contributed by atoms with Gasteiger partial charge in [-0.2, -0.15) is 0 Å². The van der Waals surface area contributed by atoms with Crippen LogP contribution in [0.2, 0.25) is 0 Å². The fourth-order valence-electron chi connectivity index (χ4n) is 1.80. The summed E-state index contributed by atoms with van der Waals surface area (Å²) < 4.78 is 28.6. The van der Waals surface area contributed by atoms with Gasteiger partial charge < -0.3 is 5.11 Å². The molecule has 1 nitrogen and oxygen atoms in total. The van der Waals surface area contributed by atoms with Gasteiger partial charge in [0, 0.05) is 20.9 Å². The molecule has 0 aliphatic heterocycles. The lowest BCUT2D eigenvalue weighted by Gasteiger charge is -2.14. The average molecular weight is 392 g/mol. The van der Waals surface area contributed by atoms with Crippen molar-refractivity contribution >= 4 is 31.9 Å². The van der Waals surface area contributed by atoms with Gasteiger partial charge in [0.05, 0.1) is 6.10 Å². The number of benzene rings is 2. The Morgan fingerprint density at radius 2 is 1.68 bits per heavy atom. The van der Waals surface area contributed by atoms with E-state index in [2.05, 4.69) is 31.9 Å². The van der Waals surface area contributed by atoms with Crippen LogP contribution in [0.1, 0.15) is 17.2 Å². The highest BCUT2D eigenvalue weighted by Crippen LogP contribution is 2.29. The van der Waals surface area contributed by atoms with E-state index >= 15 is 0 Å². The average Bonchev–Trinajstić information content (AvgIpc) is 2.33. The van der Waals surface area contributed by atoms with Crippen molar-refractivity contribution in [1.29, 1.82) is 0 Å². The van der Waals surface area contributed by atoms with Crippen molar-refractivity contribution in [2.24, 2.45) is 0 Å². The molecule has 0 aliphatic rings. The molecular formula is C14H10Br2F2O. The Kier molecular flexibility index (Phi) is 4.71. The molecule has 2 aromatic rings. The van der Waals surface area contributed by atoms with Crippen molar-refractivity contribution in [2.45, 2.75) is 12.5 Å². The smallest absolute Gasteiger partial charge is 0.129 e. The zero-order chi connectivity index (χ0) is 14.0. The number of hydrogen-bond acceptors (Lipinski definition) is 1. The molecule has 0 spiro atoms. The summed E-state index contributed by atoms with van der Waals surface area (Å²) in [6.45, 7) is 0. The first kappa shape index (κ1) is 14.6. The van der Waals surface area contributed by atoms with Crippen LogP contribution in [-0.4, -0.2) is 5.11 Å². The molecular weight excluding hydrogens is 382 g/mol. The summed E-state index contributed by atoms with van der Waals surface area (Å²) in [4.78, 5) is 0. The zero-order valence-electron chi connectivity index (χ0n) is 9.71. The van der Waals surface area contributed by atoms with E-state index in [0.717, 1.165) is 4.47 Å². The zero-order valence-corrected chi connectivity index (χ0v) is 12.9. The molecule has 0 radical (unpaired) electrons. The Bertz CT molecular complexity index is 582. The van der Waals surface area contributed by atoms with E-state index in [4.69, 9.17) is 0 Å². The Morgan fingerprint density at radius 3 is 2.26 bits per heavy atom. The van der Waals surface area contributed by atoms with Gasteiger partial charge in [-0.25, -0.2) is 8.78 Å². The summed E-state index contributed by atoms with van der Waals surface area (Å²) in [5.74, 6) is -1.29. The molecule has 0 saturated carbocycles. The first-order chi connectivity index (χ1) is 8.99. The van der Waals surface area contributed by atoms with E-state index in [1.54, 1.807) is 18.2 Å². The van der Waals surface area contributed by atoms with Gasteiger partial charge >= 0.3 is 0 Å². The van der Waals surface area contributed by atoms with Crippen LogP contribution in [0.15, 0.2) is 45.3 Å². The second kappa shape index (κ2) is 6.11. The number of aliphatic hydroxyl groups excluding tert-OH is 1. The minimum Gasteiger partial charge on any atom is -0.388 e. The molecule has 0 aliphatic carbocycles. The fraction of sp³-hybridized carbons (Fsp3) is 0.143. The van der Waals surface area contributed by atoms with Crippen molar-refractivity contribution in [3.8, 4) is 0 Å². The first-order valence-corrected chi connectivity index (χ1v) is 7.13. The van der Waals surface area contributed by atoms with Gasteiger partial charge in [-0.15, -0.1) is 0 Å². The molecule has 0 fully saturated rings. The van der Waals surface area contributed by atoms with Crippen molar-refractivity contribution < 1.29 is 13.9 Å². The quantitative estimate of drug-likeness (QED) is 0.799. The molecule has 2 aromatic carbocycles. The fourth-order valence-corrected chi connectivity index (χ4v) is 3.11. The minimum absolute atomic E-state index is 0.107. The standard InChI is InChI=1S/C14H10Br2F2O/c15-8-4-5-9(11(16)6-8)14(19)7-10-12(17)2-1-3-13(10)18/h1-6,14,19H,7H2. The maximum atomic E-state index is 13.5. The van der Waals surface area contributed by atoms with Crippen molar-refractivity contribution in [2.75, 3.05) is 0 Å². The Hall–Kier alpha value is -0.780. The maximum Gasteiger partial charge on any atom is 0.129 e. The lowest BCUT2D eigenvalue weighted by Crippen LogP contribution is -2.06. The summed E-state index contributed by atoms with van der Waals surface area (Å²) in [6.07, 6.45) is -1.09. The third-order valence-electron chi connectivity index (χ3n) is 2.78. The lowest BCUT2D eigenvalue weighted by atomic mass is 10.0. The van der Waals surface area contributed by atoms with Gasteiger partial charge in [-0.3, -0.25) is 0 Å². The number of aliphatic hydroxyl groups is 1. The van der Waals surface area contributed by atoms with Crippen LogP contribution < -0.4 is 0 Å². The summed E-state index contributed by atoms with van der Waals surface area (Å²) in [7, 11) is 0. The lowest BCUT2D eigenvalue weighted by molar-refractivity contribution is 0.175. The van der Waals surface area contributed by atoms with Crippen molar-refractivity contribution in [1.82, 2.24) is 0 Å². The van der Waals surface area contributed by atoms with Crippen LogP contribution in [0.4, 0.5) is 8.78 Å². The molecule has 0 aromatic heterocycles. The van der Waals surface area contributed by atoms with Crippen LogP contribution in [-0.2, 0) is 6.42 Å². The Labute approximate surface area is 126 Å². The highest BCUT2D eigenvalue weighted by Gasteiger charge is 2.17. The monoisotopic (exact) mass is 390 g/mol. The molecule has 5 heteroatoms. The molecule has 0 heterocycles. The van der Waals surface area contributed by atoms with E-state index in [1.807, 2.05) is 0 Å². The van der Waals surface area contributed by atoms with E-state index in [9.17, 15) is 13.9 Å². The molecule has 19 heavy (non-hydrogen) atoms. The Balaban J connectivity index is 2.28. The molecule has 1 unspecified atom stereocenters. The van der Waals surface area contributed by atoms with Gasteiger partial charge in [0.25, 0.3) is 0 Å². The molecule has 0 amide bonds. The van der Waals surface area contributed by atoms with Crippen LogP contribution in [0.3, 0.4) is 0 Å².